The maximum atomic E-state index is 14.6. The van der Waals surface area contributed by atoms with Crippen molar-refractivity contribution in [2.24, 2.45) is 5.73 Å². The number of hydrogen-bond acceptors (Lipinski definition) is 3. The van der Waals surface area contributed by atoms with Gasteiger partial charge in [-0.2, -0.15) is 13.2 Å². The highest BCUT2D eigenvalue weighted by atomic mass is 32.2. The number of halogens is 5. The van der Waals surface area contributed by atoms with Crippen LogP contribution in [0.4, 0.5) is 22.0 Å². The maximum absolute atomic E-state index is 14.6. The molecule has 2 N–H and O–H groups in total. The Hall–Kier alpha value is -2.00. The van der Waals surface area contributed by atoms with E-state index < -0.39 is 38.0 Å². The summed E-state index contributed by atoms with van der Waals surface area (Å²) in [4.78, 5) is -0.375. The predicted octanol–water partition coefficient (Wildman–Crippen LogP) is 4.55. The first-order valence-electron chi connectivity index (χ1n) is 8.60. The van der Waals surface area contributed by atoms with Gasteiger partial charge >= 0.3 is 6.18 Å². The summed E-state index contributed by atoms with van der Waals surface area (Å²) >= 11 is 0. The van der Waals surface area contributed by atoms with E-state index in [1.165, 1.54) is 0 Å². The number of rotatable bonds is 3. The first-order chi connectivity index (χ1) is 13.0. The lowest BCUT2D eigenvalue weighted by Crippen LogP contribution is -2.43. The number of hydrogen-bond donors (Lipinski definition) is 1. The smallest absolute Gasteiger partial charge is 0.328 e. The van der Waals surface area contributed by atoms with E-state index in [0.717, 1.165) is 30.3 Å². The molecule has 1 saturated carbocycles. The van der Waals surface area contributed by atoms with Gasteiger partial charge < -0.3 is 5.73 Å². The molecule has 0 aromatic heterocycles. The lowest BCUT2D eigenvalue weighted by molar-refractivity contribution is -0.137. The highest BCUT2D eigenvalue weighted by Gasteiger charge is 2.49. The molecule has 3 nitrogen and oxygen atoms in total. The molecule has 1 aliphatic carbocycles. The van der Waals surface area contributed by atoms with Crippen LogP contribution < -0.4 is 5.73 Å². The van der Waals surface area contributed by atoms with Gasteiger partial charge in [-0.3, -0.25) is 0 Å². The molecule has 0 spiro atoms. The second-order valence-corrected chi connectivity index (χ2v) is 9.24. The van der Waals surface area contributed by atoms with E-state index in [0.29, 0.717) is 12.1 Å². The van der Waals surface area contributed by atoms with E-state index in [1.54, 1.807) is 0 Å². The van der Waals surface area contributed by atoms with Gasteiger partial charge in [0.25, 0.3) is 0 Å². The van der Waals surface area contributed by atoms with Gasteiger partial charge in [0.2, 0.25) is 0 Å². The average molecular weight is 419 g/mol. The molecule has 2 aromatic carbocycles. The third-order valence-electron chi connectivity index (χ3n) is 5.26. The molecule has 1 aliphatic rings. The molecule has 0 radical (unpaired) electrons. The second kappa shape index (κ2) is 7.11. The number of alkyl halides is 3. The highest BCUT2D eigenvalue weighted by molar-refractivity contribution is 7.92. The van der Waals surface area contributed by atoms with Crippen molar-refractivity contribution in [1.82, 2.24) is 0 Å². The van der Waals surface area contributed by atoms with Crippen molar-refractivity contribution in [3.8, 4) is 0 Å². The van der Waals surface area contributed by atoms with Gasteiger partial charge in [-0.25, -0.2) is 17.2 Å². The lowest BCUT2D eigenvalue weighted by atomic mass is 9.81. The van der Waals surface area contributed by atoms with E-state index in [9.17, 15) is 30.4 Å². The van der Waals surface area contributed by atoms with Crippen LogP contribution in [0, 0.1) is 11.6 Å². The summed E-state index contributed by atoms with van der Waals surface area (Å²) < 4.78 is 91.8. The minimum Gasteiger partial charge on any atom is -0.328 e. The summed E-state index contributed by atoms with van der Waals surface area (Å²) in [6.07, 6.45) is -4.21. The van der Waals surface area contributed by atoms with E-state index in [4.69, 9.17) is 5.73 Å². The Bertz CT molecular complexity index is 963. The Morgan fingerprint density at radius 1 is 0.964 bits per heavy atom. The average Bonchev–Trinajstić information content (AvgIpc) is 2.64. The largest absolute Gasteiger partial charge is 0.416 e. The van der Waals surface area contributed by atoms with E-state index in [-0.39, 0.29) is 42.2 Å². The normalized spacial score (nSPS) is 23.6. The van der Waals surface area contributed by atoms with Crippen LogP contribution in [0.15, 0.2) is 47.4 Å². The third kappa shape index (κ3) is 3.53. The summed E-state index contributed by atoms with van der Waals surface area (Å²) in [5.74, 6) is -1.68. The van der Waals surface area contributed by atoms with Gasteiger partial charge in [0.1, 0.15) is 16.4 Å². The van der Waals surface area contributed by atoms with Gasteiger partial charge in [0, 0.05) is 11.6 Å². The van der Waals surface area contributed by atoms with Crippen LogP contribution in [0.25, 0.3) is 0 Å². The zero-order valence-electron chi connectivity index (χ0n) is 14.6. The van der Waals surface area contributed by atoms with Crippen molar-refractivity contribution in [2.75, 3.05) is 0 Å². The predicted molar refractivity (Wildman–Crippen MR) is 93.1 cm³/mol. The van der Waals surface area contributed by atoms with Gasteiger partial charge in [-0.05, 0) is 68.1 Å². The molecule has 0 aliphatic heterocycles. The fourth-order valence-corrected chi connectivity index (χ4v) is 5.85. The minimum atomic E-state index is -4.62. The molecular formula is C19H18F5NO2S. The molecule has 0 bridgehead atoms. The molecule has 0 saturated heterocycles. The lowest BCUT2D eigenvalue weighted by Gasteiger charge is -2.39. The standard InChI is InChI=1S/C19H18F5NO2S/c20-13-3-6-17(21)16(11-13)18(9-7-14(25)8-10-18)28(26,27)15-4-1-12(2-5-15)19(22,23)24/h1-6,11,14H,7-10,25H2. The van der Waals surface area contributed by atoms with Crippen LogP contribution in [-0.2, 0) is 20.8 Å². The Balaban J connectivity index is 2.16. The minimum absolute atomic E-state index is 0.0576. The van der Waals surface area contributed by atoms with Gasteiger partial charge in [-0.1, -0.05) is 0 Å². The summed E-state index contributed by atoms with van der Waals surface area (Å²) in [6, 6.07) is 5.32. The zero-order valence-corrected chi connectivity index (χ0v) is 15.5. The first-order valence-corrected chi connectivity index (χ1v) is 10.1. The molecule has 1 fully saturated rings. The summed E-state index contributed by atoms with van der Waals surface area (Å²) in [5.41, 5.74) is 4.55. The van der Waals surface area contributed by atoms with Crippen LogP contribution in [0.1, 0.15) is 36.8 Å². The summed E-state index contributed by atoms with van der Waals surface area (Å²) in [6.45, 7) is 0. The molecule has 0 amide bonds. The molecule has 9 heteroatoms. The Kier molecular flexibility index (Phi) is 5.26. The van der Waals surface area contributed by atoms with Gasteiger partial charge in [-0.15, -0.1) is 0 Å². The van der Waals surface area contributed by atoms with Crippen molar-refractivity contribution in [1.29, 1.82) is 0 Å². The fourth-order valence-electron chi connectivity index (χ4n) is 3.68. The number of sulfone groups is 1. The van der Waals surface area contributed by atoms with Crippen molar-refractivity contribution in [3.05, 3.63) is 65.2 Å². The third-order valence-corrected chi connectivity index (χ3v) is 7.81. The fraction of sp³-hybridized carbons (Fsp3) is 0.368. The maximum Gasteiger partial charge on any atom is 0.416 e. The first kappa shape index (κ1) is 20.7. The van der Waals surface area contributed by atoms with Gasteiger partial charge in [0.15, 0.2) is 9.84 Å². The Labute approximate surface area is 159 Å². The number of nitrogens with two attached hydrogens (primary N) is 1. The summed E-state index contributed by atoms with van der Waals surface area (Å²) in [5, 5.41) is 0. The van der Waals surface area contributed by atoms with Crippen LogP contribution in [0.5, 0.6) is 0 Å². The molecule has 3 rings (SSSR count). The second-order valence-electron chi connectivity index (χ2n) is 6.98. The molecule has 0 heterocycles. The molecule has 28 heavy (non-hydrogen) atoms. The highest BCUT2D eigenvalue weighted by Crippen LogP contribution is 2.47. The van der Waals surface area contributed by atoms with Crippen molar-refractivity contribution in [3.63, 3.8) is 0 Å². The zero-order chi connectivity index (χ0) is 20.7. The number of benzene rings is 2. The Morgan fingerprint density at radius 3 is 2.07 bits per heavy atom. The topological polar surface area (TPSA) is 60.2 Å². The molecule has 2 aromatic rings. The summed E-state index contributed by atoms with van der Waals surface area (Å²) in [7, 11) is -4.33. The molecule has 0 atom stereocenters. The molecular weight excluding hydrogens is 401 g/mol. The van der Waals surface area contributed by atoms with E-state index >= 15 is 0 Å². The van der Waals surface area contributed by atoms with Crippen LogP contribution in [-0.4, -0.2) is 14.5 Å². The monoisotopic (exact) mass is 419 g/mol. The quantitative estimate of drug-likeness (QED) is 0.743. The molecule has 152 valence electrons. The Morgan fingerprint density at radius 2 is 1.54 bits per heavy atom. The van der Waals surface area contributed by atoms with Crippen molar-refractivity contribution < 1.29 is 30.4 Å². The van der Waals surface area contributed by atoms with Crippen LogP contribution >= 0.6 is 0 Å². The van der Waals surface area contributed by atoms with Crippen molar-refractivity contribution >= 4 is 9.84 Å². The SMILES string of the molecule is NC1CCC(c2cc(F)ccc2F)(S(=O)(=O)c2ccc(C(F)(F)F)cc2)CC1. The van der Waals surface area contributed by atoms with E-state index in [2.05, 4.69) is 0 Å². The van der Waals surface area contributed by atoms with Crippen LogP contribution in [0.3, 0.4) is 0 Å². The van der Waals surface area contributed by atoms with Crippen molar-refractivity contribution in [2.45, 2.75) is 47.5 Å². The van der Waals surface area contributed by atoms with E-state index in [1.807, 2.05) is 0 Å². The molecule has 0 unspecified atom stereocenters. The van der Waals surface area contributed by atoms with Gasteiger partial charge in [0.05, 0.1) is 10.5 Å². The van der Waals surface area contributed by atoms with Crippen LogP contribution in [0.2, 0.25) is 0 Å².